The zero-order valence-corrected chi connectivity index (χ0v) is 17.6. The molecule has 0 N–H and O–H groups in total. The van der Waals surface area contributed by atoms with Crippen LogP contribution in [0.25, 0.3) is 0 Å². The molecule has 0 spiro atoms. The average Bonchev–Trinajstić information content (AvgIpc) is 2.72. The van der Waals surface area contributed by atoms with E-state index in [1.165, 1.54) is 83.5 Å². The fourth-order valence-corrected chi connectivity index (χ4v) is 6.58. The highest BCUT2D eigenvalue weighted by molar-refractivity contribution is 5.34. The van der Waals surface area contributed by atoms with Gasteiger partial charge in [-0.2, -0.15) is 0 Å². The number of aryl methyl sites for hydroxylation is 2. The fraction of sp³-hybridized carbons (Fsp3) is 0.704. The predicted octanol–water partition coefficient (Wildman–Crippen LogP) is 7.54. The summed E-state index contributed by atoms with van der Waals surface area (Å²) in [5, 5.41) is 0. The third-order valence-electron chi connectivity index (χ3n) is 8.30. The number of unbranched alkanes of at least 4 members (excludes halogenated alkanes) is 2. The second-order valence-electron chi connectivity index (χ2n) is 9.97. The van der Waals surface area contributed by atoms with E-state index < -0.39 is 0 Å². The fourth-order valence-electron chi connectivity index (χ4n) is 6.58. The van der Waals surface area contributed by atoms with E-state index in [4.69, 9.17) is 0 Å². The molecule has 1 aromatic carbocycles. The molecule has 0 aliphatic heterocycles. The van der Waals surface area contributed by atoms with Gasteiger partial charge in [0, 0.05) is 0 Å². The summed E-state index contributed by atoms with van der Waals surface area (Å²) in [4.78, 5) is 0. The summed E-state index contributed by atoms with van der Waals surface area (Å²) in [6, 6.07) is 7.47. The molecule has 3 aliphatic rings. The van der Waals surface area contributed by atoms with Crippen molar-refractivity contribution in [1.29, 1.82) is 0 Å². The first-order valence-electron chi connectivity index (χ1n) is 12.0. The summed E-state index contributed by atoms with van der Waals surface area (Å²) in [5.41, 5.74) is 4.95. The van der Waals surface area contributed by atoms with E-state index in [9.17, 15) is 0 Å². The zero-order chi connectivity index (χ0) is 18.6. The van der Waals surface area contributed by atoms with Gasteiger partial charge in [-0.25, -0.2) is 0 Å². The van der Waals surface area contributed by atoms with Crippen LogP contribution in [0.1, 0.15) is 87.8 Å². The largest absolute Gasteiger partial charge is 0.103 e. The third-order valence-corrected chi connectivity index (χ3v) is 8.30. The standard InChI is InChI=1S/C27H40/c1-3-5-6-7-21-9-11-25-19-27(15-13-23(25)17-21)26-14-12-22-16-20(4-2)8-10-24(22)18-26/h4,9,11,17,20,22,24,26-27H,2-3,5-8,10,12-16,18-19H2,1H3/t20-,22?,24-,26?,27?/m1/s1. The molecule has 0 radical (unpaired) electrons. The molecule has 0 heterocycles. The molecule has 0 amide bonds. The van der Waals surface area contributed by atoms with Crippen molar-refractivity contribution in [3.8, 4) is 0 Å². The highest BCUT2D eigenvalue weighted by atomic mass is 14.4. The van der Waals surface area contributed by atoms with Crippen molar-refractivity contribution in [2.45, 2.75) is 90.4 Å². The van der Waals surface area contributed by atoms with Crippen LogP contribution in [0.4, 0.5) is 0 Å². The van der Waals surface area contributed by atoms with E-state index in [0.717, 1.165) is 29.6 Å². The van der Waals surface area contributed by atoms with Gasteiger partial charge in [0.1, 0.15) is 0 Å². The zero-order valence-electron chi connectivity index (χ0n) is 17.6. The molecule has 4 rings (SSSR count). The van der Waals surface area contributed by atoms with E-state index in [0.29, 0.717) is 0 Å². The molecule has 0 bridgehead atoms. The van der Waals surface area contributed by atoms with Gasteiger partial charge in [-0.3, -0.25) is 0 Å². The molecular formula is C27H40. The first-order chi connectivity index (χ1) is 13.3. The third kappa shape index (κ3) is 4.52. The van der Waals surface area contributed by atoms with Crippen molar-refractivity contribution >= 4 is 0 Å². The summed E-state index contributed by atoms with van der Waals surface area (Å²) >= 11 is 0. The lowest BCUT2D eigenvalue weighted by Gasteiger charge is -2.44. The number of hydrogen-bond acceptors (Lipinski definition) is 0. The molecule has 3 unspecified atom stereocenters. The van der Waals surface area contributed by atoms with Crippen molar-refractivity contribution in [2.24, 2.45) is 29.6 Å². The van der Waals surface area contributed by atoms with Crippen LogP contribution >= 0.6 is 0 Å². The molecule has 1 aromatic rings. The first kappa shape index (κ1) is 19.3. The molecule has 2 saturated carbocycles. The van der Waals surface area contributed by atoms with Crippen molar-refractivity contribution < 1.29 is 0 Å². The molecule has 0 aromatic heterocycles. The molecule has 3 aliphatic carbocycles. The summed E-state index contributed by atoms with van der Waals surface area (Å²) < 4.78 is 0. The van der Waals surface area contributed by atoms with E-state index in [1.807, 2.05) is 0 Å². The quantitative estimate of drug-likeness (QED) is 0.361. The molecular weight excluding hydrogens is 324 g/mol. The Kier molecular flexibility index (Phi) is 6.41. The van der Waals surface area contributed by atoms with Crippen molar-refractivity contribution in [3.05, 3.63) is 47.5 Å². The Morgan fingerprint density at radius 2 is 1.67 bits per heavy atom. The van der Waals surface area contributed by atoms with E-state index in [2.05, 4.69) is 37.8 Å². The summed E-state index contributed by atoms with van der Waals surface area (Å²) in [6.45, 7) is 6.36. The Morgan fingerprint density at radius 1 is 0.889 bits per heavy atom. The van der Waals surface area contributed by atoms with Crippen LogP contribution in [0.5, 0.6) is 0 Å². The molecule has 0 nitrogen and oxygen atoms in total. The molecule has 148 valence electrons. The molecule has 0 heteroatoms. The number of rotatable bonds is 6. The van der Waals surface area contributed by atoms with Crippen LogP contribution in [0, 0.1) is 29.6 Å². The first-order valence-corrected chi connectivity index (χ1v) is 12.0. The van der Waals surface area contributed by atoms with Gasteiger partial charge in [0.25, 0.3) is 0 Å². The number of hydrogen-bond donors (Lipinski definition) is 0. The lowest BCUT2D eigenvalue weighted by atomic mass is 9.61. The van der Waals surface area contributed by atoms with Gasteiger partial charge in [0.2, 0.25) is 0 Å². The Bertz CT molecular complexity index is 627. The van der Waals surface area contributed by atoms with Crippen LogP contribution in [0.2, 0.25) is 0 Å². The second kappa shape index (κ2) is 8.97. The monoisotopic (exact) mass is 364 g/mol. The van der Waals surface area contributed by atoms with Gasteiger partial charge in [-0.1, -0.05) is 44.0 Å². The topological polar surface area (TPSA) is 0 Å². The smallest absolute Gasteiger partial charge is 0.0233 e. The van der Waals surface area contributed by atoms with Gasteiger partial charge >= 0.3 is 0 Å². The van der Waals surface area contributed by atoms with Crippen LogP contribution in [0.15, 0.2) is 30.9 Å². The van der Waals surface area contributed by atoms with E-state index in [1.54, 1.807) is 16.7 Å². The van der Waals surface area contributed by atoms with Crippen LogP contribution < -0.4 is 0 Å². The minimum Gasteiger partial charge on any atom is -0.103 e. The van der Waals surface area contributed by atoms with Gasteiger partial charge in [0.15, 0.2) is 0 Å². The predicted molar refractivity (Wildman–Crippen MR) is 117 cm³/mol. The summed E-state index contributed by atoms with van der Waals surface area (Å²) in [7, 11) is 0. The maximum atomic E-state index is 4.06. The Morgan fingerprint density at radius 3 is 2.48 bits per heavy atom. The Labute approximate surface area is 167 Å². The van der Waals surface area contributed by atoms with Crippen LogP contribution in [-0.4, -0.2) is 0 Å². The van der Waals surface area contributed by atoms with Crippen molar-refractivity contribution in [1.82, 2.24) is 0 Å². The minimum absolute atomic E-state index is 0.816. The average molecular weight is 365 g/mol. The van der Waals surface area contributed by atoms with Crippen molar-refractivity contribution in [2.75, 3.05) is 0 Å². The van der Waals surface area contributed by atoms with Gasteiger partial charge in [0.05, 0.1) is 0 Å². The number of allylic oxidation sites excluding steroid dienone is 1. The van der Waals surface area contributed by atoms with Gasteiger partial charge in [-0.15, -0.1) is 6.58 Å². The second-order valence-corrected chi connectivity index (χ2v) is 9.97. The lowest BCUT2D eigenvalue weighted by molar-refractivity contribution is 0.0811. The van der Waals surface area contributed by atoms with Crippen LogP contribution in [-0.2, 0) is 19.3 Å². The number of fused-ring (bicyclic) bond motifs is 2. The normalized spacial score (nSPS) is 33.1. The Balaban J connectivity index is 1.34. The lowest BCUT2D eigenvalue weighted by Crippen LogP contribution is -2.34. The van der Waals surface area contributed by atoms with Gasteiger partial charge < -0.3 is 0 Å². The SMILES string of the molecule is C=C[C@@H]1CC[C@@H]2CC(C3CCc4cc(CCCCC)ccc4C3)CCC2C1. The molecule has 5 atom stereocenters. The summed E-state index contributed by atoms with van der Waals surface area (Å²) in [6.07, 6.45) is 20.6. The number of benzene rings is 1. The highest BCUT2D eigenvalue weighted by Crippen LogP contribution is 2.48. The Hall–Kier alpha value is -1.04. The minimum atomic E-state index is 0.816. The molecule has 0 saturated heterocycles. The van der Waals surface area contributed by atoms with E-state index >= 15 is 0 Å². The maximum absolute atomic E-state index is 4.06. The van der Waals surface area contributed by atoms with E-state index in [-0.39, 0.29) is 0 Å². The van der Waals surface area contributed by atoms with Gasteiger partial charge in [-0.05, 0) is 117 Å². The highest BCUT2D eigenvalue weighted by Gasteiger charge is 2.38. The molecule has 2 fully saturated rings. The van der Waals surface area contributed by atoms with Crippen LogP contribution in [0.3, 0.4) is 0 Å². The molecule has 27 heavy (non-hydrogen) atoms. The maximum Gasteiger partial charge on any atom is -0.0233 e. The van der Waals surface area contributed by atoms with Crippen molar-refractivity contribution in [3.63, 3.8) is 0 Å². The summed E-state index contributed by atoms with van der Waals surface area (Å²) in [5.74, 6) is 4.82.